The first-order valence-electron chi connectivity index (χ1n) is 4.99. The molecule has 0 spiro atoms. The molecule has 1 saturated carbocycles. The highest BCUT2D eigenvalue weighted by Gasteiger charge is 2.20. The Morgan fingerprint density at radius 2 is 2.08 bits per heavy atom. The summed E-state index contributed by atoms with van der Waals surface area (Å²) in [6.07, 6.45) is 6.09. The molecule has 1 aliphatic carbocycles. The van der Waals surface area contributed by atoms with E-state index in [0.717, 1.165) is 12.8 Å². The van der Waals surface area contributed by atoms with Crippen molar-refractivity contribution in [3.63, 3.8) is 0 Å². The van der Waals surface area contributed by atoms with Gasteiger partial charge in [0.15, 0.2) is 0 Å². The van der Waals surface area contributed by atoms with Gasteiger partial charge in [0, 0.05) is 12.5 Å². The second-order valence-corrected chi connectivity index (χ2v) is 3.53. The number of rotatable bonds is 3. The van der Waals surface area contributed by atoms with Gasteiger partial charge in [-0.1, -0.05) is 19.3 Å². The molecule has 13 heavy (non-hydrogen) atoms. The first kappa shape index (κ1) is 10.0. The Morgan fingerprint density at radius 1 is 1.38 bits per heavy atom. The average Bonchev–Trinajstić information content (AvgIpc) is 2.19. The van der Waals surface area contributed by atoms with Gasteiger partial charge < -0.3 is 5.32 Å². The molecule has 1 fully saturated rings. The van der Waals surface area contributed by atoms with Crippen LogP contribution in [-0.4, -0.2) is 12.5 Å². The first-order valence-corrected chi connectivity index (χ1v) is 4.99. The van der Waals surface area contributed by atoms with Crippen LogP contribution in [0.15, 0.2) is 0 Å². The minimum absolute atomic E-state index is 0.148. The maximum atomic E-state index is 11.5. The van der Waals surface area contributed by atoms with Crippen LogP contribution in [0, 0.1) is 17.2 Å². The standard InChI is InChI=1S/C10H16N2O/c11-7-4-8-12-10(13)9-5-2-1-3-6-9/h9H,1-6,8H2,(H,12,13)/i7+2. The van der Waals surface area contributed by atoms with Crippen LogP contribution in [0.25, 0.3) is 0 Å². The van der Waals surface area contributed by atoms with Crippen LogP contribution in [0.1, 0.15) is 38.5 Å². The maximum absolute atomic E-state index is 11.5. The highest BCUT2D eigenvalue weighted by molar-refractivity contribution is 5.78. The maximum Gasteiger partial charge on any atom is 0.223 e. The van der Waals surface area contributed by atoms with E-state index in [9.17, 15) is 4.79 Å². The van der Waals surface area contributed by atoms with Crippen LogP contribution in [0.2, 0.25) is 0 Å². The van der Waals surface area contributed by atoms with Gasteiger partial charge in [-0.3, -0.25) is 4.79 Å². The largest absolute Gasteiger partial charge is 0.355 e. The lowest BCUT2D eigenvalue weighted by Gasteiger charge is -2.20. The zero-order valence-electron chi connectivity index (χ0n) is 7.88. The van der Waals surface area contributed by atoms with Gasteiger partial charge in [0.2, 0.25) is 5.91 Å². The molecular weight excluding hydrogens is 166 g/mol. The second kappa shape index (κ2) is 5.58. The molecule has 1 aliphatic rings. The van der Waals surface area contributed by atoms with Gasteiger partial charge in [-0.15, -0.1) is 0 Å². The summed E-state index contributed by atoms with van der Waals surface area (Å²) >= 11 is 0. The summed E-state index contributed by atoms with van der Waals surface area (Å²) in [6, 6.07) is 2.01. The van der Waals surface area contributed by atoms with E-state index < -0.39 is 0 Å². The van der Waals surface area contributed by atoms with Crippen LogP contribution in [-0.2, 0) is 4.79 Å². The molecule has 3 nitrogen and oxygen atoms in total. The fourth-order valence-electron chi connectivity index (χ4n) is 1.75. The summed E-state index contributed by atoms with van der Waals surface area (Å²) in [7, 11) is 0. The van der Waals surface area contributed by atoms with E-state index in [1.165, 1.54) is 19.3 Å². The lowest BCUT2D eigenvalue weighted by Crippen LogP contribution is -2.32. The molecule has 0 bridgehead atoms. The molecule has 0 aromatic heterocycles. The van der Waals surface area contributed by atoms with E-state index >= 15 is 0 Å². The van der Waals surface area contributed by atoms with Crippen molar-refractivity contribution in [1.29, 1.82) is 5.26 Å². The van der Waals surface area contributed by atoms with Gasteiger partial charge in [0.1, 0.15) is 0 Å². The highest BCUT2D eigenvalue weighted by Crippen LogP contribution is 2.23. The third-order valence-electron chi connectivity index (χ3n) is 2.51. The smallest absolute Gasteiger partial charge is 0.223 e. The topological polar surface area (TPSA) is 52.9 Å². The highest BCUT2D eigenvalue weighted by atomic mass is 16.1. The zero-order chi connectivity index (χ0) is 9.52. The summed E-state index contributed by atoms with van der Waals surface area (Å²) in [6.45, 7) is 0.506. The van der Waals surface area contributed by atoms with Gasteiger partial charge in [-0.2, -0.15) is 5.26 Å². The SMILES string of the molecule is N#[14C]CCNC(=O)C1CCCCC1. The van der Waals surface area contributed by atoms with Gasteiger partial charge in [-0.25, -0.2) is 0 Å². The number of nitriles is 1. The lowest BCUT2D eigenvalue weighted by atomic mass is 9.89. The van der Waals surface area contributed by atoms with Crippen molar-refractivity contribution >= 4 is 5.91 Å². The molecule has 0 atom stereocenters. The second-order valence-electron chi connectivity index (χ2n) is 3.53. The fourth-order valence-corrected chi connectivity index (χ4v) is 1.75. The van der Waals surface area contributed by atoms with E-state index in [1.54, 1.807) is 0 Å². The Balaban J connectivity index is 2.18. The van der Waals surface area contributed by atoms with Crippen LogP contribution >= 0.6 is 0 Å². The minimum atomic E-state index is 0.148. The van der Waals surface area contributed by atoms with E-state index in [-0.39, 0.29) is 11.8 Å². The molecule has 1 N–H and O–H groups in total. The Labute approximate surface area is 79.1 Å². The molecular formula is C10H16N2O. The summed E-state index contributed by atoms with van der Waals surface area (Å²) < 4.78 is 0. The Bertz CT molecular complexity index is 201. The Hall–Kier alpha value is -1.04. The molecule has 0 unspecified atom stereocenters. The molecule has 0 heterocycles. The van der Waals surface area contributed by atoms with E-state index in [2.05, 4.69) is 5.32 Å². The third kappa shape index (κ3) is 3.45. The van der Waals surface area contributed by atoms with Gasteiger partial charge in [-0.05, 0) is 12.8 Å². The number of carbonyl (C=O) groups is 1. The predicted molar refractivity (Wildman–Crippen MR) is 49.8 cm³/mol. The third-order valence-corrected chi connectivity index (χ3v) is 2.51. The Kier molecular flexibility index (Phi) is 4.31. The normalized spacial score (nSPS) is 17.8. The van der Waals surface area contributed by atoms with Crippen molar-refractivity contribution in [3.8, 4) is 6.07 Å². The lowest BCUT2D eigenvalue weighted by molar-refractivity contribution is -0.125. The van der Waals surface area contributed by atoms with E-state index in [4.69, 9.17) is 5.26 Å². The predicted octanol–water partition coefficient (Wildman–Crippen LogP) is 1.60. The van der Waals surface area contributed by atoms with Gasteiger partial charge in [0.05, 0.1) is 12.5 Å². The van der Waals surface area contributed by atoms with Crippen molar-refractivity contribution < 1.29 is 4.79 Å². The summed E-state index contributed by atoms with van der Waals surface area (Å²) in [5, 5.41) is 11.1. The van der Waals surface area contributed by atoms with Crippen molar-refractivity contribution in [2.75, 3.05) is 6.54 Å². The summed E-state index contributed by atoms with van der Waals surface area (Å²) in [4.78, 5) is 11.5. The number of hydrogen-bond acceptors (Lipinski definition) is 2. The Morgan fingerprint density at radius 3 is 2.69 bits per heavy atom. The minimum Gasteiger partial charge on any atom is -0.355 e. The quantitative estimate of drug-likeness (QED) is 0.674. The molecule has 3 heteroatoms. The molecule has 1 amide bonds. The van der Waals surface area contributed by atoms with E-state index in [0.29, 0.717) is 13.0 Å². The van der Waals surface area contributed by atoms with Crippen molar-refractivity contribution in [1.82, 2.24) is 5.32 Å². The van der Waals surface area contributed by atoms with Crippen LogP contribution in [0.5, 0.6) is 0 Å². The first-order chi connectivity index (χ1) is 6.34. The van der Waals surface area contributed by atoms with Gasteiger partial charge >= 0.3 is 0 Å². The molecule has 1 rings (SSSR count). The molecule has 72 valence electrons. The fraction of sp³-hybridized carbons (Fsp3) is 0.800. The zero-order valence-corrected chi connectivity index (χ0v) is 7.88. The van der Waals surface area contributed by atoms with Crippen LogP contribution in [0.3, 0.4) is 0 Å². The molecule has 0 saturated heterocycles. The van der Waals surface area contributed by atoms with Gasteiger partial charge in [0.25, 0.3) is 0 Å². The van der Waals surface area contributed by atoms with Crippen LogP contribution in [0.4, 0.5) is 0 Å². The van der Waals surface area contributed by atoms with Crippen LogP contribution < -0.4 is 5.32 Å². The number of amides is 1. The van der Waals surface area contributed by atoms with E-state index in [1.807, 2.05) is 6.07 Å². The summed E-state index contributed by atoms with van der Waals surface area (Å²) in [5.41, 5.74) is 0. The molecule has 0 aromatic rings. The average molecular weight is 182 g/mol. The molecule has 0 aromatic carbocycles. The molecule has 0 radical (unpaired) electrons. The van der Waals surface area contributed by atoms with Crippen molar-refractivity contribution in [2.24, 2.45) is 5.92 Å². The number of carbonyl (C=O) groups excluding carboxylic acids is 1. The number of nitrogens with one attached hydrogen (secondary N) is 1. The monoisotopic (exact) mass is 182 g/mol. The van der Waals surface area contributed by atoms with Crippen molar-refractivity contribution in [2.45, 2.75) is 38.5 Å². The van der Waals surface area contributed by atoms with Crippen molar-refractivity contribution in [3.05, 3.63) is 0 Å². The number of hydrogen-bond donors (Lipinski definition) is 1. The molecule has 0 aliphatic heterocycles. The number of nitrogens with zero attached hydrogens (tertiary/aromatic N) is 1. The summed E-state index contributed by atoms with van der Waals surface area (Å²) in [5.74, 6) is 0.363.